The monoisotopic (exact) mass is 376 g/mol. The number of aromatic nitrogens is 2. The van der Waals surface area contributed by atoms with Gasteiger partial charge in [-0.25, -0.2) is 4.98 Å². The summed E-state index contributed by atoms with van der Waals surface area (Å²) >= 11 is 0. The van der Waals surface area contributed by atoms with Crippen LogP contribution in [0.1, 0.15) is 35.2 Å². The van der Waals surface area contributed by atoms with E-state index in [0.29, 0.717) is 18.7 Å². The van der Waals surface area contributed by atoms with E-state index in [9.17, 15) is 9.59 Å². The number of nitrogens with one attached hydrogen (secondary N) is 1. The Kier molecular flexibility index (Phi) is 5.10. The summed E-state index contributed by atoms with van der Waals surface area (Å²) < 4.78 is 1.85. The zero-order valence-corrected chi connectivity index (χ0v) is 15.9. The van der Waals surface area contributed by atoms with Gasteiger partial charge in [0.05, 0.1) is 11.5 Å². The number of nitrogens with zero attached hydrogens (tertiary/aromatic N) is 3. The number of rotatable bonds is 5. The van der Waals surface area contributed by atoms with Gasteiger partial charge in [0, 0.05) is 38.2 Å². The summed E-state index contributed by atoms with van der Waals surface area (Å²) in [5.74, 6) is 0.165. The maximum absolute atomic E-state index is 12.8. The van der Waals surface area contributed by atoms with Gasteiger partial charge in [0.1, 0.15) is 5.65 Å². The molecule has 2 aromatic heterocycles. The fraction of sp³-hybridized carbons (Fsp3) is 0.318. The minimum Gasteiger partial charge on any atom is -0.355 e. The number of pyridine rings is 1. The maximum Gasteiger partial charge on any atom is 0.255 e. The molecule has 1 aliphatic heterocycles. The number of carbonyl (C=O) groups excluding carboxylic acids is 2. The van der Waals surface area contributed by atoms with Gasteiger partial charge in [-0.15, -0.1) is 0 Å². The standard InChI is InChI=1S/C22H24N4O2/c1-16(18-5-3-2-4-6-18)21(27)24-13-17-9-11-26(14-17)22(28)19-7-8-20-23-10-12-25(20)15-19/h2-8,10,12,15-17H,9,11,13-14H2,1H3,(H,24,27)/t16-,17?/m1/s1. The van der Waals surface area contributed by atoms with Crippen LogP contribution >= 0.6 is 0 Å². The predicted octanol–water partition coefficient (Wildman–Crippen LogP) is 2.72. The number of imidazole rings is 1. The van der Waals surface area contributed by atoms with Crippen molar-refractivity contribution in [2.75, 3.05) is 19.6 Å². The van der Waals surface area contributed by atoms with Crippen molar-refractivity contribution < 1.29 is 9.59 Å². The third kappa shape index (κ3) is 3.76. The van der Waals surface area contributed by atoms with E-state index < -0.39 is 0 Å². The lowest BCUT2D eigenvalue weighted by atomic mass is 10.00. The second-order valence-corrected chi connectivity index (χ2v) is 7.39. The minimum atomic E-state index is -0.178. The molecule has 0 radical (unpaired) electrons. The lowest BCUT2D eigenvalue weighted by Gasteiger charge is -2.18. The van der Waals surface area contributed by atoms with Crippen molar-refractivity contribution in [3.63, 3.8) is 0 Å². The van der Waals surface area contributed by atoms with Gasteiger partial charge in [-0.1, -0.05) is 30.3 Å². The van der Waals surface area contributed by atoms with Crippen LogP contribution in [0.15, 0.2) is 61.1 Å². The number of amides is 2. The first-order valence-electron chi connectivity index (χ1n) is 9.66. The molecule has 6 heteroatoms. The van der Waals surface area contributed by atoms with E-state index in [0.717, 1.165) is 24.2 Å². The third-order valence-corrected chi connectivity index (χ3v) is 5.47. The second kappa shape index (κ2) is 7.84. The highest BCUT2D eigenvalue weighted by Crippen LogP contribution is 2.20. The number of benzene rings is 1. The lowest BCUT2D eigenvalue weighted by molar-refractivity contribution is -0.122. The van der Waals surface area contributed by atoms with E-state index in [2.05, 4.69) is 10.3 Å². The van der Waals surface area contributed by atoms with Crippen LogP contribution in [-0.4, -0.2) is 45.7 Å². The zero-order chi connectivity index (χ0) is 19.5. The molecule has 1 fully saturated rings. The number of carbonyl (C=O) groups is 2. The summed E-state index contributed by atoms with van der Waals surface area (Å²) in [5, 5.41) is 3.05. The summed E-state index contributed by atoms with van der Waals surface area (Å²) in [7, 11) is 0. The van der Waals surface area contributed by atoms with Gasteiger partial charge in [-0.2, -0.15) is 0 Å². The largest absolute Gasteiger partial charge is 0.355 e. The highest BCUT2D eigenvalue weighted by molar-refractivity contribution is 5.94. The van der Waals surface area contributed by atoms with E-state index in [1.165, 1.54) is 0 Å². The van der Waals surface area contributed by atoms with Gasteiger partial charge in [0.15, 0.2) is 0 Å². The van der Waals surface area contributed by atoms with Crippen LogP contribution in [0, 0.1) is 5.92 Å². The van der Waals surface area contributed by atoms with Crippen molar-refractivity contribution >= 4 is 17.5 Å². The van der Waals surface area contributed by atoms with Crippen molar-refractivity contribution in [1.29, 1.82) is 0 Å². The summed E-state index contributed by atoms with van der Waals surface area (Å²) in [5.41, 5.74) is 2.50. The molecule has 3 heterocycles. The zero-order valence-electron chi connectivity index (χ0n) is 15.9. The molecule has 1 aliphatic rings. The SMILES string of the molecule is C[C@@H](C(=O)NCC1CCN(C(=O)c2ccc3nccn3c2)C1)c1ccccc1. The first kappa shape index (κ1) is 18.2. The molecule has 2 atom stereocenters. The van der Waals surface area contributed by atoms with E-state index in [1.807, 2.05) is 71.1 Å². The van der Waals surface area contributed by atoms with Gasteiger partial charge in [0.25, 0.3) is 5.91 Å². The van der Waals surface area contributed by atoms with Crippen LogP contribution in [0.3, 0.4) is 0 Å². The number of likely N-dealkylation sites (tertiary alicyclic amines) is 1. The van der Waals surface area contributed by atoms with Crippen molar-refractivity contribution in [3.8, 4) is 0 Å². The highest BCUT2D eigenvalue weighted by atomic mass is 16.2. The molecule has 2 amide bonds. The molecule has 1 saturated heterocycles. The van der Waals surface area contributed by atoms with E-state index in [-0.39, 0.29) is 23.7 Å². The van der Waals surface area contributed by atoms with Crippen molar-refractivity contribution in [2.45, 2.75) is 19.3 Å². The fourth-order valence-electron chi connectivity index (χ4n) is 3.70. The van der Waals surface area contributed by atoms with Crippen LogP contribution < -0.4 is 5.32 Å². The molecule has 1 unspecified atom stereocenters. The highest BCUT2D eigenvalue weighted by Gasteiger charge is 2.28. The topological polar surface area (TPSA) is 66.7 Å². The molecule has 1 N–H and O–H groups in total. The summed E-state index contributed by atoms with van der Waals surface area (Å²) in [6.07, 6.45) is 6.28. The molecular formula is C22H24N4O2. The first-order chi connectivity index (χ1) is 13.6. The molecule has 3 aromatic rings. The summed E-state index contributed by atoms with van der Waals surface area (Å²) in [6.45, 7) is 3.90. The Morgan fingerprint density at radius 2 is 2.04 bits per heavy atom. The van der Waals surface area contributed by atoms with Gasteiger partial charge in [0.2, 0.25) is 5.91 Å². The molecule has 1 aromatic carbocycles. The Bertz CT molecular complexity index is 982. The van der Waals surface area contributed by atoms with Crippen LogP contribution in [0.25, 0.3) is 5.65 Å². The van der Waals surface area contributed by atoms with Crippen LogP contribution in [0.4, 0.5) is 0 Å². The maximum atomic E-state index is 12.8. The van der Waals surface area contributed by atoms with E-state index in [1.54, 1.807) is 6.20 Å². The normalized spacial score (nSPS) is 17.6. The number of hydrogen-bond acceptors (Lipinski definition) is 3. The van der Waals surface area contributed by atoms with E-state index >= 15 is 0 Å². The average Bonchev–Trinajstić information content (AvgIpc) is 3.40. The van der Waals surface area contributed by atoms with Gasteiger partial charge >= 0.3 is 0 Å². The molecule has 0 bridgehead atoms. The molecule has 28 heavy (non-hydrogen) atoms. The molecule has 0 aliphatic carbocycles. The first-order valence-corrected chi connectivity index (χ1v) is 9.66. The molecule has 144 valence electrons. The Morgan fingerprint density at radius 3 is 2.86 bits per heavy atom. The molecule has 0 spiro atoms. The summed E-state index contributed by atoms with van der Waals surface area (Å²) in [4.78, 5) is 31.3. The number of hydrogen-bond donors (Lipinski definition) is 1. The van der Waals surface area contributed by atoms with Gasteiger partial charge < -0.3 is 14.6 Å². The van der Waals surface area contributed by atoms with Crippen molar-refractivity contribution in [3.05, 3.63) is 72.2 Å². The average molecular weight is 376 g/mol. The minimum absolute atomic E-state index is 0.0292. The third-order valence-electron chi connectivity index (χ3n) is 5.47. The molecule has 4 rings (SSSR count). The van der Waals surface area contributed by atoms with Gasteiger partial charge in [-0.3, -0.25) is 9.59 Å². The molecular weight excluding hydrogens is 352 g/mol. The van der Waals surface area contributed by atoms with Crippen LogP contribution in [-0.2, 0) is 4.79 Å². The Balaban J connectivity index is 1.31. The number of fused-ring (bicyclic) bond motifs is 1. The fourth-order valence-corrected chi connectivity index (χ4v) is 3.70. The second-order valence-electron chi connectivity index (χ2n) is 7.39. The van der Waals surface area contributed by atoms with E-state index in [4.69, 9.17) is 0 Å². The Morgan fingerprint density at radius 1 is 1.21 bits per heavy atom. The van der Waals surface area contributed by atoms with Crippen molar-refractivity contribution in [2.24, 2.45) is 5.92 Å². The quantitative estimate of drug-likeness (QED) is 0.745. The lowest BCUT2D eigenvalue weighted by Crippen LogP contribution is -2.34. The van der Waals surface area contributed by atoms with Crippen molar-refractivity contribution in [1.82, 2.24) is 19.6 Å². The Labute approximate surface area is 164 Å². The molecule has 0 saturated carbocycles. The van der Waals surface area contributed by atoms with Gasteiger partial charge in [-0.05, 0) is 37.0 Å². The smallest absolute Gasteiger partial charge is 0.255 e. The predicted molar refractivity (Wildman–Crippen MR) is 107 cm³/mol. The molecule has 6 nitrogen and oxygen atoms in total. The summed E-state index contributed by atoms with van der Waals surface area (Å²) in [6, 6.07) is 13.5. The Hall–Kier alpha value is -3.15. The van der Waals surface area contributed by atoms with Crippen LogP contribution in [0.2, 0.25) is 0 Å². The van der Waals surface area contributed by atoms with Crippen LogP contribution in [0.5, 0.6) is 0 Å².